The summed E-state index contributed by atoms with van der Waals surface area (Å²) in [6.07, 6.45) is 0. The Hall–Kier alpha value is -2.25. The van der Waals surface area contributed by atoms with Crippen LogP contribution in [0.1, 0.15) is 41.4 Å². The van der Waals surface area contributed by atoms with Gasteiger partial charge in [0.2, 0.25) is 0 Å². The zero-order valence-corrected chi connectivity index (χ0v) is 16.2. The van der Waals surface area contributed by atoms with E-state index in [1.54, 1.807) is 0 Å². The van der Waals surface area contributed by atoms with Crippen LogP contribution in [-0.4, -0.2) is 44.3 Å². The van der Waals surface area contributed by atoms with Crippen LogP contribution in [0.25, 0.3) is 0 Å². The molecule has 2 aromatic rings. The van der Waals surface area contributed by atoms with Crippen LogP contribution in [0.15, 0.2) is 48.5 Å². The van der Waals surface area contributed by atoms with Gasteiger partial charge >= 0.3 is 23.9 Å². The van der Waals surface area contributed by atoms with Crippen molar-refractivity contribution in [1.82, 2.24) is 0 Å². The molecule has 132 valence electrons. The van der Waals surface area contributed by atoms with E-state index in [0.717, 1.165) is 12.1 Å². The molecule has 0 saturated heterocycles. The predicted molar refractivity (Wildman–Crippen MR) is 80.7 cm³/mol. The Morgan fingerprint density at radius 2 is 0.692 bits per heavy atom. The van der Waals surface area contributed by atoms with Gasteiger partial charge in [-0.15, -0.1) is 0 Å². The van der Waals surface area contributed by atoms with Crippen LogP contribution < -0.4 is 0 Å². The third kappa shape index (κ3) is 8.22. The van der Waals surface area contributed by atoms with Gasteiger partial charge in [0.15, 0.2) is 0 Å². The summed E-state index contributed by atoms with van der Waals surface area (Å²) in [5, 5.41) is 34.0. The first-order chi connectivity index (χ1) is 11.2. The minimum atomic E-state index is -1.13. The summed E-state index contributed by atoms with van der Waals surface area (Å²) in [7, 11) is 0. The molecule has 0 aliphatic rings. The van der Waals surface area contributed by atoms with Crippen molar-refractivity contribution in [3.05, 3.63) is 70.8 Å². The maximum Gasteiger partial charge on any atom is 0.335 e. The first-order valence-electron chi connectivity index (χ1n) is 6.35. The van der Waals surface area contributed by atoms with Crippen molar-refractivity contribution in [2.24, 2.45) is 0 Å². The van der Waals surface area contributed by atoms with E-state index < -0.39 is 23.9 Å². The Kier molecular flexibility index (Phi) is 12.2. The van der Waals surface area contributed by atoms with Crippen molar-refractivity contribution in [3.63, 3.8) is 0 Å². The standard InChI is InChI=1S/2C8H6O4.2Ti/c2*9-7(10)5-2-1-3-6(4-5)8(11)12;;/h2*1-4H,(H,9,10)(H,11,12);;. The molecule has 0 amide bonds. The summed E-state index contributed by atoms with van der Waals surface area (Å²) in [6.45, 7) is 0. The zero-order chi connectivity index (χ0) is 18.3. The van der Waals surface area contributed by atoms with Gasteiger partial charge in [0.25, 0.3) is 0 Å². The van der Waals surface area contributed by atoms with Crippen molar-refractivity contribution in [2.45, 2.75) is 0 Å². The Morgan fingerprint density at radius 3 is 0.846 bits per heavy atom. The molecule has 4 N–H and O–H groups in total. The second-order valence-corrected chi connectivity index (χ2v) is 4.38. The minimum Gasteiger partial charge on any atom is -0.478 e. The van der Waals surface area contributed by atoms with Crippen LogP contribution in [0.4, 0.5) is 0 Å². The fraction of sp³-hybridized carbons (Fsp3) is 0. The molecule has 0 heterocycles. The topological polar surface area (TPSA) is 149 Å². The van der Waals surface area contributed by atoms with Crippen LogP contribution in [0.3, 0.4) is 0 Å². The van der Waals surface area contributed by atoms with Gasteiger partial charge < -0.3 is 20.4 Å². The molecule has 0 aliphatic heterocycles. The van der Waals surface area contributed by atoms with Crippen LogP contribution in [-0.2, 0) is 43.4 Å². The monoisotopic (exact) mass is 428 g/mol. The van der Waals surface area contributed by atoms with Crippen molar-refractivity contribution in [3.8, 4) is 0 Å². The van der Waals surface area contributed by atoms with Crippen LogP contribution in [0, 0.1) is 0 Å². The number of hydrogen-bond acceptors (Lipinski definition) is 4. The number of rotatable bonds is 4. The molecule has 0 atom stereocenters. The van der Waals surface area contributed by atoms with E-state index in [9.17, 15) is 19.2 Å². The zero-order valence-electron chi connectivity index (χ0n) is 13.0. The summed E-state index contributed by atoms with van der Waals surface area (Å²) in [4.78, 5) is 41.5. The molecule has 10 heteroatoms. The van der Waals surface area contributed by atoms with Crippen molar-refractivity contribution >= 4 is 23.9 Å². The van der Waals surface area contributed by atoms with E-state index in [2.05, 4.69) is 0 Å². The number of aromatic carboxylic acids is 4. The maximum atomic E-state index is 10.4. The Labute approximate surface area is 177 Å². The molecule has 0 aliphatic carbocycles. The molecule has 2 aromatic carbocycles. The van der Waals surface area contributed by atoms with Gasteiger partial charge in [-0.25, -0.2) is 19.2 Å². The quantitative estimate of drug-likeness (QED) is 0.542. The molecule has 2 rings (SSSR count). The minimum absolute atomic E-state index is 0. The van der Waals surface area contributed by atoms with E-state index in [1.807, 2.05) is 0 Å². The maximum absolute atomic E-state index is 10.4. The van der Waals surface area contributed by atoms with E-state index in [-0.39, 0.29) is 65.7 Å². The van der Waals surface area contributed by atoms with Gasteiger partial charge in [0, 0.05) is 43.4 Å². The van der Waals surface area contributed by atoms with Crippen LogP contribution >= 0.6 is 0 Å². The third-order valence-corrected chi connectivity index (χ3v) is 2.71. The van der Waals surface area contributed by atoms with Gasteiger partial charge in [-0.1, -0.05) is 12.1 Å². The molecule has 0 aromatic heterocycles. The smallest absolute Gasteiger partial charge is 0.335 e. The van der Waals surface area contributed by atoms with E-state index in [4.69, 9.17) is 20.4 Å². The van der Waals surface area contributed by atoms with Crippen molar-refractivity contribution in [1.29, 1.82) is 0 Å². The summed E-state index contributed by atoms with van der Waals surface area (Å²) in [5.74, 6) is -4.51. The van der Waals surface area contributed by atoms with Crippen molar-refractivity contribution in [2.75, 3.05) is 0 Å². The van der Waals surface area contributed by atoms with Gasteiger partial charge in [-0.3, -0.25) is 0 Å². The number of benzene rings is 2. The van der Waals surface area contributed by atoms with Gasteiger partial charge in [-0.05, 0) is 36.4 Å². The Bertz CT molecular complexity index is 678. The Morgan fingerprint density at radius 1 is 0.500 bits per heavy atom. The molecule has 0 fully saturated rings. The fourth-order valence-corrected chi connectivity index (χ4v) is 1.57. The van der Waals surface area contributed by atoms with E-state index in [1.165, 1.54) is 36.4 Å². The average Bonchev–Trinajstić information content (AvgIpc) is 2.55. The largest absolute Gasteiger partial charge is 0.478 e. The predicted octanol–water partition coefficient (Wildman–Crippen LogP) is 2.16. The van der Waals surface area contributed by atoms with Crippen LogP contribution in [0.2, 0.25) is 0 Å². The molecule has 0 bridgehead atoms. The first kappa shape index (κ1) is 26.0. The molecule has 0 spiro atoms. The second-order valence-electron chi connectivity index (χ2n) is 4.38. The van der Waals surface area contributed by atoms with E-state index >= 15 is 0 Å². The molecule has 26 heavy (non-hydrogen) atoms. The molecule has 0 saturated carbocycles. The summed E-state index contributed by atoms with van der Waals surface area (Å²) >= 11 is 0. The summed E-state index contributed by atoms with van der Waals surface area (Å²) in [5.41, 5.74) is -0.0744. The molecule has 8 nitrogen and oxygen atoms in total. The fourth-order valence-electron chi connectivity index (χ4n) is 1.57. The number of carbonyl (C=O) groups is 4. The summed E-state index contributed by atoms with van der Waals surface area (Å²) < 4.78 is 0. The van der Waals surface area contributed by atoms with Gasteiger partial charge in [-0.2, -0.15) is 0 Å². The number of carboxylic acid groups (broad SMARTS) is 4. The molecule has 0 unspecified atom stereocenters. The molecule has 0 radical (unpaired) electrons. The van der Waals surface area contributed by atoms with Gasteiger partial charge in [0.05, 0.1) is 22.3 Å². The average molecular weight is 428 g/mol. The number of carboxylic acids is 4. The normalized spacial score (nSPS) is 8.62. The third-order valence-electron chi connectivity index (χ3n) is 2.71. The number of hydrogen-bond donors (Lipinski definition) is 4. The SMILES string of the molecule is O=C(O)c1cccc(C(=O)O)c1.O=C(O)c1cccc(C(=O)O)c1.[Ti].[Ti]. The van der Waals surface area contributed by atoms with Crippen LogP contribution in [0.5, 0.6) is 0 Å². The summed E-state index contributed by atoms with van der Waals surface area (Å²) in [6, 6.07) is 10.4. The second kappa shape index (κ2) is 12.2. The van der Waals surface area contributed by atoms with Crippen molar-refractivity contribution < 1.29 is 83.0 Å². The Balaban J connectivity index is 0. The first-order valence-corrected chi connectivity index (χ1v) is 6.35. The van der Waals surface area contributed by atoms with E-state index in [0.29, 0.717) is 0 Å². The van der Waals surface area contributed by atoms with Gasteiger partial charge in [0.1, 0.15) is 0 Å². The molecular formula is C16H12O8Ti2. The molecular weight excluding hydrogens is 416 g/mol.